The van der Waals surface area contributed by atoms with E-state index in [1.54, 1.807) is 0 Å². The zero-order valence-corrected chi connectivity index (χ0v) is 13.6. The van der Waals surface area contributed by atoms with Crippen LogP contribution in [0.4, 0.5) is 0 Å². The summed E-state index contributed by atoms with van der Waals surface area (Å²) in [5.74, 6) is 0. The maximum Gasteiger partial charge on any atom is 0.104 e. The molecule has 1 aromatic carbocycles. The molecule has 3 heteroatoms. The highest BCUT2D eigenvalue weighted by molar-refractivity contribution is 6.08. The first kappa shape index (κ1) is 14.4. The lowest BCUT2D eigenvalue weighted by Crippen LogP contribution is -2.43. The quantitative estimate of drug-likeness (QED) is 0.413. The molecule has 0 saturated heterocycles. The molecule has 0 fully saturated rings. The highest BCUT2D eigenvalue weighted by Gasteiger charge is 2.14. The molecular weight excluding hydrogens is 224 g/mol. The maximum absolute atomic E-state index is 3.53. The highest BCUT2D eigenvalue weighted by atomic mass is 28.1. The van der Waals surface area contributed by atoms with Crippen molar-refractivity contribution >= 4 is 10.2 Å². The summed E-state index contributed by atoms with van der Waals surface area (Å²) in [5.41, 5.74) is 1.43. The van der Waals surface area contributed by atoms with Gasteiger partial charge in [-0.1, -0.05) is 36.4 Å². The largest absolute Gasteiger partial charge is 0.324 e. The Balaban J connectivity index is 2.26. The Hall–Kier alpha value is -0.643. The van der Waals surface area contributed by atoms with Crippen LogP contribution in [-0.2, 0) is 6.54 Å². The van der Waals surface area contributed by atoms with Gasteiger partial charge in [0.25, 0.3) is 0 Å². The summed E-state index contributed by atoms with van der Waals surface area (Å²) in [6, 6.07) is 12.2. The standard InChI is InChI=1S/C14H27N2Si/c1-16(2,11-10-15-9-6-12-17)13-14-7-4-3-5-8-14/h3-5,7-8,15H,6,9-13H2,1-2,17H3/q+1. The average Bonchev–Trinajstić information content (AvgIpc) is 2.29. The summed E-state index contributed by atoms with van der Waals surface area (Å²) in [5, 5.41) is 3.53. The van der Waals surface area contributed by atoms with E-state index in [4.69, 9.17) is 0 Å². The van der Waals surface area contributed by atoms with E-state index >= 15 is 0 Å². The van der Waals surface area contributed by atoms with Gasteiger partial charge in [-0.25, -0.2) is 0 Å². The van der Waals surface area contributed by atoms with Crippen molar-refractivity contribution in [1.29, 1.82) is 0 Å². The molecule has 0 unspecified atom stereocenters. The van der Waals surface area contributed by atoms with Gasteiger partial charge in [0.1, 0.15) is 6.54 Å². The SMILES string of the molecule is C[N+](C)(CCNCCC[SiH3])Cc1ccccc1. The van der Waals surface area contributed by atoms with E-state index < -0.39 is 0 Å². The van der Waals surface area contributed by atoms with Crippen LogP contribution in [0.15, 0.2) is 30.3 Å². The molecule has 1 aromatic rings. The Morgan fingerprint density at radius 3 is 2.47 bits per heavy atom. The molecule has 0 bridgehead atoms. The van der Waals surface area contributed by atoms with E-state index in [0.29, 0.717) is 0 Å². The van der Waals surface area contributed by atoms with Crippen LogP contribution in [0.3, 0.4) is 0 Å². The predicted molar refractivity (Wildman–Crippen MR) is 79.4 cm³/mol. The molecule has 96 valence electrons. The Morgan fingerprint density at radius 2 is 1.82 bits per heavy atom. The summed E-state index contributed by atoms with van der Waals surface area (Å²) in [7, 11) is 5.95. The van der Waals surface area contributed by atoms with Crippen LogP contribution in [0.5, 0.6) is 0 Å². The van der Waals surface area contributed by atoms with Gasteiger partial charge in [-0.2, -0.15) is 0 Å². The second kappa shape index (κ2) is 7.64. The Kier molecular flexibility index (Phi) is 6.48. The van der Waals surface area contributed by atoms with Gasteiger partial charge in [-0.15, -0.1) is 0 Å². The Labute approximate surface area is 109 Å². The first-order chi connectivity index (χ1) is 8.14. The minimum atomic E-state index is 1.05. The van der Waals surface area contributed by atoms with E-state index in [9.17, 15) is 0 Å². The van der Waals surface area contributed by atoms with Gasteiger partial charge in [0.2, 0.25) is 0 Å². The van der Waals surface area contributed by atoms with Gasteiger partial charge in [-0.05, 0) is 13.0 Å². The van der Waals surface area contributed by atoms with Gasteiger partial charge >= 0.3 is 0 Å². The number of nitrogens with one attached hydrogen (secondary N) is 1. The van der Waals surface area contributed by atoms with Crippen molar-refractivity contribution in [2.75, 3.05) is 33.7 Å². The molecule has 0 aromatic heterocycles. The van der Waals surface area contributed by atoms with Crippen LogP contribution in [0.25, 0.3) is 0 Å². The van der Waals surface area contributed by atoms with Crippen molar-refractivity contribution < 1.29 is 4.48 Å². The molecule has 0 heterocycles. The molecule has 1 rings (SSSR count). The normalized spacial score (nSPS) is 11.9. The lowest BCUT2D eigenvalue weighted by molar-refractivity contribution is -0.902. The molecule has 0 aliphatic rings. The highest BCUT2D eigenvalue weighted by Crippen LogP contribution is 2.07. The Bertz CT molecular complexity index is 298. The topological polar surface area (TPSA) is 12.0 Å². The molecule has 0 atom stereocenters. The smallest absolute Gasteiger partial charge is 0.104 e. The number of hydrogen-bond donors (Lipinski definition) is 1. The maximum atomic E-state index is 3.53. The van der Waals surface area contributed by atoms with Crippen LogP contribution in [-0.4, -0.2) is 48.5 Å². The first-order valence-corrected chi connectivity index (χ1v) is 8.12. The fourth-order valence-electron chi connectivity index (χ4n) is 1.97. The van der Waals surface area contributed by atoms with Gasteiger partial charge in [0.05, 0.1) is 20.6 Å². The fraction of sp³-hybridized carbons (Fsp3) is 0.571. The molecule has 0 aliphatic carbocycles. The molecule has 0 amide bonds. The van der Waals surface area contributed by atoms with Crippen LogP contribution in [0.2, 0.25) is 6.04 Å². The van der Waals surface area contributed by atoms with Crippen LogP contribution >= 0.6 is 0 Å². The summed E-state index contributed by atoms with van der Waals surface area (Å²) in [6.07, 6.45) is 1.35. The Morgan fingerprint density at radius 1 is 1.12 bits per heavy atom. The number of quaternary nitrogens is 1. The summed E-state index contributed by atoms with van der Waals surface area (Å²) in [6.45, 7) is 4.62. The monoisotopic (exact) mass is 251 g/mol. The average molecular weight is 251 g/mol. The van der Waals surface area contributed by atoms with Crippen molar-refractivity contribution in [1.82, 2.24) is 5.32 Å². The third kappa shape index (κ3) is 6.61. The third-order valence-corrected chi connectivity index (χ3v) is 3.76. The van der Waals surface area contributed by atoms with Crippen LogP contribution in [0, 0.1) is 0 Å². The molecule has 1 N–H and O–H groups in total. The molecule has 0 saturated carbocycles. The lowest BCUT2D eigenvalue weighted by Gasteiger charge is -2.30. The molecule has 17 heavy (non-hydrogen) atoms. The minimum absolute atomic E-state index is 1.05. The number of rotatable bonds is 8. The van der Waals surface area contributed by atoms with E-state index in [2.05, 4.69) is 49.7 Å². The number of nitrogens with zero attached hydrogens (tertiary/aromatic N) is 1. The second-order valence-electron chi connectivity index (χ2n) is 5.41. The molecular formula is C14H27N2Si+. The van der Waals surface area contributed by atoms with E-state index in [1.807, 2.05) is 0 Å². The number of benzene rings is 1. The van der Waals surface area contributed by atoms with Crippen molar-refractivity contribution in [2.45, 2.75) is 19.0 Å². The van der Waals surface area contributed by atoms with E-state index in [-0.39, 0.29) is 0 Å². The molecule has 0 spiro atoms. The van der Waals surface area contributed by atoms with Crippen molar-refractivity contribution in [3.8, 4) is 0 Å². The summed E-state index contributed by atoms with van der Waals surface area (Å²) in [4.78, 5) is 0. The van der Waals surface area contributed by atoms with Gasteiger partial charge in [0.15, 0.2) is 0 Å². The zero-order chi connectivity index (χ0) is 12.6. The van der Waals surface area contributed by atoms with Gasteiger partial charge < -0.3 is 9.80 Å². The van der Waals surface area contributed by atoms with E-state index in [1.165, 1.54) is 41.4 Å². The van der Waals surface area contributed by atoms with E-state index in [0.717, 1.165) is 17.6 Å². The van der Waals surface area contributed by atoms with Crippen molar-refractivity contribution in [2.24, 2.45) is 0 Å². The van der Waals surface area contributed by atoms with Crippen LogP contribution in [0.1, 0.15) is 12.0 Å². The van der Waals surface area contributed by atoms with Crippen molar-refractivity contribution in [3.63, 3.8) is 0 Å². The second-order valence-corrected chi connectivity index (χ2v) is 6.41. The van der Waals surface area contributed by atoms with Gasteiger partial charge in [0, 0.05) is 22.4 Å². The van der Waals surface area contributed by atoms with Gasteiger partial charge in [-0.3, -0.25) is 0 Å². The summed E-state index contributed by atoms with van der Waals surface area (Å²) >= 11 is 0. The molecule has 0 aliphatic heterocycles. The number of hydrogen-bond acceptors (Lipinski definition) is 1. The molecule has 2 nitrogen and oxygen atoms in total. The minimum Gasteiger partial charge on any atom is -0.324 e. The molecule has 0 radical (unpaired) electrons. The van der Waals surface area contributed by atoms with Crippen LogP contribution < -0.4 is 5.32 Å². The first-order valence-electron chi connectivity index (χ1n) is 6.71. The predicted octanol–water partition coefficient (Wildman–Crippen LogP) is 1.03. The fourth-order valence-corrected chi connectivity index (χ4v) is 2.32. The number of likely N-dealkylation sites (N-methyl/N-ethyl adjacent to an activating group) is 1. The third-order valence-electron chi connectivity index (χ3n) is 3.05. The van der Waals surface area contributed by atoms with Crippen molar-refractivity contribution in [3.05, 3.63) is 35.9 Å². The summed E-state index contributed by atoms with van der Waals surface area (Å²) < 4.78 is 1.05. The zero-order valence-electron chi connectivity index (χ0n) is 11.6. The lowest BCUT2D eigenvalue weighted by atomic mass is 10.2.